The van der Waals surface area contributed by atoms with Crippen molar-refractivity contribution in [1.82, 2.24) is 0 Å². The Kier molecular flexibility index (Phi) is 4.10. The lowest BCUT2D eigenvalue weighted by atomic mass is 10.0. The Hall–Kier alpha value is -3.00. The molecule has 0 aliphatic rings. The van der Waals surface area contributed by atoms with Gasteiger partial charge in [-0.25, -0.2) is 4.39 Å². The molecule has 0 spiro atoms. The molecule has 0 heterocycles. The number of nitro groups is 1. The van der Waals surface area contributed by atoms with Gasteiger partial charge < -0.3 is 0 Å². The number of nitro benzene ring substituents is 1. The number of benzene rings is 2. The van der Waals surface area contributed by atoms with Crippen molar-refractivity contribution in [3.05, 3.63) is 75.1 Å². The molecule has 0 aliphatic heterocycles. The monoisotopic (exact) mass is 282 g/mol. The summed E-state index contributed by atoms with van der Waals surface area (Å²) in [5.41, 5.74) is 1.87. The second-order valence-corrected chi connectivity index (χ2v) is 4.50. The molecule has 0 aromatic heterocycles. The molecule has 0 fully saturated rings. The second kappa shape index (κ2) is 5.97. The highest BCUT2D eigenvalue weighted by atomic mass is 19.1. The first-order valence-electron chi connectivity index (χ1n) is 6.14. The van der Waals surface area contributed by atoms with Crippen molar-refractivity contribution in [2.75, 3.05) is 0 Å². The molecule has 2 aromatic carbocycles. The van der Waals surface area contributed by atoms with Gasteiger partial charge in [0.1, 0.15) is 5.82 Å². The molecule has 2 aromatic rings. The summed E-state index contributed by atoms with van der Waals surface area (Å²) in [6.45, 7) is 1.81. The maximum atomic E-state index is 12.9. The van der Waals surface area contributed by atoms with E-state index in [0.717, 1.165) is 5.56 Å². The van der Waals surface area contributed by atoms with Crippen molar-refractivity contribution < 1.29 is 9.31 Å². The van der Waals surface area contributed by atoms with Crippen LogP contribution in [0.1, 0.15) is 16.7 Å². The summed E-state index contributed by atoms with van der Waals surface area (Å²) in [6.07, 6.45) is 1.44. The lowest BCUT2D eigenvalue weighted by molar-refractivity contribution is -0.385. The molecule has 0 N–H and O–H groups in total. The van der Waals surface area contributed by atoms with Crippen molar-refractivity contribution in [2.45, 2.75) is 6.92 Å². The van der Waals surface area contributed by atoms with Gasteiger partial charge in [-0.05, 0) is 36.8 Å². The number of nitriles is 1. The van der Waals surface area contributed by atoms with E-state index in [1.165, 1.54) is 36.4 Å². The van der Waals surface area contributed by atoms with Crippen LogP contribution in [-0.4, -0.2) is 4.92 Å². The Morgan fingerprint density at radius 2 is 1.95 bits per heavy atom. The molecule has 0 aliphatic carbocycles. The summed E-state index contributed by atoms with van der Waals surface area (Å²) >= 11 is 0. The summed E-state index contributed by atoms with van der Waals surface area (Å²) in [6, 6.07) is 12.1. The first kappa shape index (κ1) is 14.4. The topological polar surface area (TPSA) is 66.9 Å². The Morgan fingerprint density at radius 1 is 1.29 bits per heavy atom. The largest absolute Gasteiger partial charge is 0.276 e. The molecule has 0 unspecified atom stereocenters. The van der Waals surface area contributed by atoms with Gasteiger partial charge in [-0.1, -0.05) is 23.8 Å². The predicted octanol–water partition coefficient (Wildman–Crippen LogP) is 4.11. The van der Waals surface area contributed by atoms with Gasteiger partial charge in [-0.15, -0.1) is 0 Å². The fourth-order valence-electron chi connectivity index (χ4n) is 1.92. The van der Waals surface area contributed by atoms with Crippen LogP contribution in [-0.2, 0) is 0 Å². The Bertz CT molecular complexity index is 759. The van der Waals surface area contributed by atoms with Crippen LogP contribution in [0.3, 0.4) is 0 Å². The number of hydrogen-bond donors (Lipinski definition) is 0. The van der Waals surface area contributed by atoms with E-state index < -0.39 is 10.7 Å². The molecular formula is C16H11FN2O2. The van der Waals surface area contributed by atoms with Gasteiger partial charge in [0.05, 0.1) is 22.1 Å². The van der Waals surface area contributed by atoms with Crippen LogP contribution in [0.2, 0.25) is 0 Å². The van der Waals surface area contributed by atoms with Crippen molar-refractivity contribution in [2.24, 2.45) is 0 Å². The zero-order valence-electron chi connectivity index (χ0n) is 11.2. The summed E-state index contributed by atoms with van der Waals surface area (Å²) in [5, 5.41) is 20.3. The second-order valence-electron chi connectivity index (χ2n) is 4.50. The first-order valence-corrected chi connectivity index (χ1v) is 6.14. The number of nitrogens with zero attached hydrogens (tertiary/aromatic N) is 2. The minimum absolute atomic E-state index is 0.0736. The number of rotatable bonds is 3. The SMILES string of the molecule is Cc1ccc([N+](=O)[O-])c(C=C(C#N)c2ccc(F)cc2)c1. The third kappa shape index (κ3) is 3.31. The van der Waals surface area contributed by atoms with Crippen molar-refractivity contribution in [1.29, 1.82) is 5.26 Å². The minimum Gasteiger partial charge on any atom is -0.258 e. The fraction of sp³-hybridized carbons (Fsp3) is 0.0625. The molecule has 0 saturated carbocycles. The van der Waals surface area contributed by atoms with E-state index in [9.17, 15) is 19.8 Å². The molecule has 4 nitrogen and oxygen atoms in total. The van der Waals surface area contributed by atoms with Gasteiger partial charge in [-0.3, -0.25) is 10.1 Å². The van der Waals surface area contributed by atoms with Gasteiger partial charge >= 0.3 is 0 Å². The predicted molar refractivity (Wildman–Crippen MR) is 77.7 cm³/mol. The van der Waals surface area contributed by atoms with E-state index in [1.807, 2.05) is 13.0 Å². The molecular weight excluding hydrogens is 271 g/mol. The zero-order chi connectivity index (χ0) is 15.4. The minimum atomic E-state index is -0.495. The standard InChI is InChI=1S/C16H11FN2O2/c1-11-2-7-16(19(20)21)13(8-11)9-14(10-18)12-3-5-15(17)6-4-12/h2-9H,1H3. The quantitative estimate of drug-likeness (QED) is 0.368. The van der Waals surface area contributed by atoms with Gasteiger partial charge in [0.25, 0.3) is 5.69 Å². The Labute approximate surface area is 120 Å². The average molecular weight is 282 g/mol. The molecule has 0 bridgehead atoms. The summed E-state index contributed by atoms with van der Waals surface area (Å²) in [5.74, 6) is -0.405. The highest BCUT2D eigenvalue weighted by Crippen LogP contribution is 2.25. The maximum Gasteiger partial charge on any atom is 0.276 e. The van der Waals surface area contributed by atoms with E-state index in [1.54, 1.807) is 12.1 Å². The molecule has 0 atom stereocenters. The Balaban J connectivity index is 2.55. The van der Waals surface area contributed by atoms with Gasteiger partial charge in [0, 0.05) is 6.07 Å². The van der Waals surface area contributed by atoms with Crippen LogP contribution >= 0.6 is 0 Å². The maximum absolute atomic E-state index is 12.9. The summed E-state index contributed by atoms with van der Waals surface area (Å²) in [4.78, 5) is 10.5. The molecule has 0 saturated heterocycles. The molecule has 0 radical (unpaired) electrons. The summed E-state index contributed by atoms with van der Waals surface area (Å²) < 4.78 is 12.9. The summed E-state index contributed by atoms with van der Waals surface area (Å²) in [7, 11) is 0. The molecule has 5 heteroatoms. The van der Waals surface area contributed by atoms with Crippen LogP contribution in [0, 0.1) is 34.2 Å². The van der Waals surface area contributed by atoms with E-state index in [0.29, 0.717) is 11.1 Å². The molecule has 104 valence electrons. The third-order valence-electron chi connectivity index (χ3n) is 2.96. The van der Waals surface area contributed by atoms with E-state index in [-0.39, 0.29) is 11.3 Å². The van der Waals surface area contributed by atoms with E-state index in [2.05, 4.69) is 0 Å². The van der Waals surface area contributed by atoms with Crippen molar-refractivity contribution >= 4 is 17.3 Å². The highest BCUT2D eigenvalue weighted by Gasteiger charge is 2.13. The lowest BCUT2D eigenvalue weighted by Crippen LogP contribution is -1.93. The van der Waals surface area contributed by atoms with E-state index >= 15 is 0 Å². The third-order valence-corrected chi connectivity index (χ3v) is 2.96. The number of hydrogen-bond acceptors (Lipinski definition) is 3. The van der Waals surface area contributed by atoms with Crippen LogP contribution in [0.5, 0.6) is 0 Å². The highest BCUT2D eigenvalue weighted by molar-refractivity contribution is 5.91. The lowest BCUT2D eigenvalue weighted by Gasteiger charge is -2.02. The van der Waals surface area contributed by atoms with E-state index in [4.69, 9.17) is 0 Å². The van der Waals surface area contributed by atoms with Gasteiger partial charge in [0.2, 0.25) is 0 Å². The van der Waals surface area contributed by atoms with Crippen molar-refractivity contribution in [3.63, 3.8) is 0 Å². The van der Waals surface area contributed by atoms with Crippen LogP contribution in [0.4, 0.5) is 10.1 Å². The van der Waals surface area contributed by atoms with Crippen LogP contribution in [0.15, 0.2) is 42.5 Å². The first-order chi connectivity index (χ1) is 10.0. The number of aryl methyl sites for hydroxylation is 1. The van der Waals surface area contributed by atoms with Gasteiger partial charge in [0.15, 0.2) is 0 Å². The number of allylic oxidation sites excluding steroid dienone is 1. The normalized spacial score (nSPS) is 11.0. The average Bonchev–Trinajstić information content (AvgIpc) is 2.45. The smallest absolute Gasteiger partial charge is 0.258 e. The molecule has 21 heavy (non-hydrogen) atoms. The van der Waals surface area contributed by atoms with Crippen molar-refractivity contribution in [3.8, 4) is 6.07 Å². The van der Waals surface area contributed by atoms with Crippen LogP contribution < -0.4 is 0 Å². The molecule has 0 amide bonds. The van der Waals surface area contributed by atoms with Crippen LogP contribution in [0.25, 0.3) is 11.6 Å². The fourth-order valence-corrected chi connectivity index (χ4v) is 1.92. The Morgan fingerprint density at radius 3 is 2.52 bits per heavy atom. The molecule has 2 rings (SSSR count). The van der Waals surface area contributed by atoms with Gasteiger partial charge in [-0.2, -0.15) is 5.26 Å². The number of halogens is 1. The zero-order valence-corrected chi connectivity index (χ0v) is 11.2.